The fourth-order valence-electron chi connectivity index (χ4n) is 3.23. The maximum Gasteiger partial charge on any atom is 0.303 e. The van der Waals surface area contributed by atoms with Crippen molar-refractivity contribution in [2.45, 2.75) is 19.8 Å². The number of nitrogens with zero attached hydrogens (tertiary/aromatic N) is 1. The summed E-state index contributed by atoms with van der Waals surface area (Å²) < 4.78 is 41.7. The SMILES string of the molecule is Cc1cccc2[nH]c(CCC(=O)O)c(-c3nc4c(F)c(F)cc(F)c4s3)c12. The number of hydrogen-bond acceptors (Lipinski definition) is 3. The third-order valence-corrected chi connectivity index (χ3v) is 5.51. The van der Waals surface area contributed by atoms with Crippen molar-refractivity contribution in [1.29, 1.82) is 0 Å². The Kier molecular flexibility index (Phi) is 4.15. The van der Waals surface area contributed by atoms with Crippen LogP contribution in [0.2, 0.25) is 0 Å². The van der Waals surface area contributed by atoms with Crippen molar-refractivity contribution >= 4 is 38.4 Å². The molecule has 0 unspecified atom stereocenters. The highest BCUT2D eigenvalue weighted by Crippen LogP contribution is 2.40. The van der Waals surface area contributed by atoms with Gasteiger partial charge in [-0.25, -0.2) is 18.2 Å². The molecule has 0 radical (unpaired) electrons. The Balaban J connectivity index is 2.01. The maximum atomic E-state index is 14.1. The van der Waals surface area contributed by atoms with E-state index in [-0.39, 0.29) is 23.1 Å². The minimum absolute atomic E-state index is 0.0731. The molecular weight excluding hydrogens is 377 g/mol. The van der Waals surface area contributed by atoms with Crippen LogP contribution in [0.3, 0.4) is 0 Å². The molecule has 27 heavy (non-hydrogen) atoms. The van der Waals surface area contributed by atoms with Crippen molar-refractivity contribution in [1.82, 2.24) is 9.97 Å². The highest BCUT2D eigenvalue weighted by atomic mass is 32.1. The molecule has 2 heterocycles. The van der Waals surface area contributed by atoms with Crippen LogP contribution in [0.4, 0.5) is 13.2 Å². The lowest BCUT2D eigenvalue weighted by atomic mass is 10.0. The van der Waals surface area contributed by atoms with E-state index >= 15 is 0 Å². The van der Waals surface area contributed by atoms with Crippen molar-refractivity contribution < 1.29 is 23.1 Å². The van der Waals surface area contributed by atoms with Gasteiger partial charge >= 0.3 is 5.97 Å². The van der Waals surface area contributed by atoms with Crippen molar-refractivity contribution in [2.24, 2.45) is 0 Å². The van der Waals surface area contributed by atoms with E-state index in [1.165, 1.54) is 0 Å². The first-order chi connectivity index (χ1) is 12.9. The maximum absolute atomic E-state index is 14.1. The Hall–Kier alpha value is -2.87. The molecule has 0 spiro atoms. The lowest BCUT2D eigenvalue weighted by Gasteiger charge is -2.02. The van der Waals surface area contributed by atoms with Gasteiger partial charge in [0.15, 0.2) is 11.6 Å². The number of aryl methyl sites for hydroxylation is 2. The number of fused-ring (bicyclic) bond motifs is 2. The number of nitrogens with one attached hydrogen (secondary N) is 1. The van der Waals surface area contributed by atoms with Gasteiger partial charge in [-0.3, -0.25) is 4.79 Å². The number of carboxylic acids is 1. The molecule has 0 amide bonds. The van der Waals surface area contributed by atoms with Crippen LogP contribution < -0.4 is 0 Å². The van der Waals surface area contributed by atoms with Crippen molar-refractivity contribution in [2.75, 3.05) is 0 Å². The molecule has 2 aromatic heterocycles. The Bertz CT molecular complexity index is 1210. The van der Waals surface area contributed by atoms with Gasteiger partial charge in [0.2, 0.25) is 0 Å². The predicted octanol–water partition coefficient (Wildman–Crippen LogP) is 5.19. The van der Waals surface area contributed by atoms with Crippen LogP contribution in [0.15, 0.2) is 24.3 Å². The molecule has 4 rings (SSSR count). The summed E-state index contributed by atoms with van der Waals surface area (Å²) in [6, 6.07) is 6.08. The zero-order valence-corrected chi connectivity index (χ0v) is 14.9. The zero-order valence-electron chi connectivity index (χ0n) is 14.1. The highest BCUT2D eigenvalue weighted by molar-refractivity contribution is 7.21. The van der Waals surface area contributed by atoms with Gasteiger partial charge in [-0.2, -0.15) is 0 Å². The number of halogens is 3. The van der Waals surface area contributed by atoms with Gasteiger partial charge in [0.05, 0.1) is 11.1 Å². The third kappa shape index (κ3) is 2.86. The van der Waals surface area contributed by atoms with Crippen LogP contribution in [-0.4, -0.2) is 21.0 Å². The van der Waals surface area contributed by atoms with Crippen LogP contribution in [0.25, 0.3) is 31.7 Å². The second-order valence-corrected chi connectivity index (χ2v) is 7.22. The van der Waals surface area contributed by atoms with E-state index in [2.05, 4.69) is 9.97 Å². The predicted molar refractivity (Wildman–Crippen MR) is 97.5 cm³/mol. The average Bonchev–Trinajstić information content (AvgIpc) is 3.20. The number of rotatable bonds is 4. The van der Waals surface area contributed by atoms with Crippen LogP contribution in [0.5, 0.6) is 0 Å². The Morgan fingerprint density at radius 1 is 1.26 bits per heavy atom. The van der Waals surface area contributed by atoms with Crippen LogP contribution in [0.1, 0.15) is 17.7 Å². The number of aliphatic carboxylic acids is 1. The standard InChI is InChI=1S/C19H13F3N2O2S/c1-8-3-2-4-11-14(8)15(12(23-11)5-6-13(25)26)19-24-17-16(22)9(20)7-10(21)18(17)27-19/h2-4,7,23H,5-6H2,1H3,(H,25,26). The van der Waals surface area contributed by atoms with E-state index in [4.69, 9.17) is 5.11 Å². The molecule has 0 saturated carbocycles. The first-order valence-corrected chi connectivity index (χ1v) is 8.95. The molecule has 0 bridgehead atoms. The van der Waals surface area contributed by atoms with Crippen LogP contribution in [-0.2, 0) is 11.2 Å². The summed E-state index contributed by atoms with van der Waals surface area (Å²) in [5.74, 6) is -4.33. The summed E-state index contributed by atoms with van der Waals surface area (Å²) in [7, 11) is 0. The first kappa shape index (κ1) is 17.5. The number of carboxylic acid groups (broad SMARTS) is 1. The van der Waals surface area contributed by atoms with E-state index in [0.717, 1.165) is 27.8 Å². The summed E-state index contributed by atoms with van der Waals surface area (Å²) in [6.45, 7) is 1.88. The summed E-state index contributed by atoms with van der Waals surface area (Å²) in [5.41, 5.74) is 2.54. The van der Waals surface area contributed by atoms with Crippen molar-refractivity contribution in [3.05, 3.63) is 53.0 Å². The van der Waals surface area contributed by atoms with Crippen LogP contribution in [0, 0.1) is 24.4 Å². The molecule has 138 valence electrons. The molecule has 2 aromatic carbocycles. The number of thiazole rings is 1. The second kappa shape index (κ2) is 6.38. The Labute approximate surface area is 155 Å². The van der Waals surface area contributed by atoms with Gasteiger partial charge < -0.3 is 10.1 Å². The molecule has 0 aliphatic carbocycles. The van der Waals surface area contributed by atoms with Crippen molar-refractivity contribution in [3.63, 3.8) is 0 Å². The third-order valence-electron chi connectivity index (χ3n) is 4.43. The van der Waals surface area contributed by atoms with E-state index < -0.39 is 23.4 Å². The number of H-pyrrole nitrogens is 1. The molecule has 0 saturated heterocycles. The highest BCUT2D eigenvalue weighted by Gasteiger charge is 2.23. The molecule has 0 aliphatic heterocycles. The molecular formula is C19H13F3N2O2S. The molecule has 4 nitrogen and oxygen atoms in total. The fraction of sp³-hybridized carbons (Fsp3) is 0.158. The normalized spacial score (nSPS) is 11.6. The quantitative estimate of drug-likeness (QED) is 0.472. The summed E-state index contributed by atoms with van der Waals surface area (Å²) in [4.78, 5) is 18.3. The largest absolute Gasteiger partial charge is 0.481 e. The van der Waals surface area contributed by atoms with Gasteiger partial charge in [-0.05, 0) is 25.0 Å². The average molecular weight is 390 g/mol. The number of carbonyl (C=O) groups is 1. The molecule has 8 heteroatoms. The monoisotopic (exact) mass is 390 g/mol. The van der Waals surface area contributed by atoms with Gasteiger partial charge in [-0.15, -0.1) is 11.3 Å². The molecule has 0 fully saturated rings. The van der Waals surface area contributed by atoms with E-state index in [1.807, 2.05) is 25.1 Å². The van der Waals surface area contributed by atoms with Gasteiger partial charge in [0.1, 0.15) is 16.3 Å². The lowest BCUT2D eigenvalue weighted by Crippen LogP contribution is -1.98. The van der Waals surface area contributed by atoms with E-state index in [0.29, 0.717) is 22.3 Å². The van der Waals surface area contributed by atoms with Gasteiger partial charge in [-0.1, -0.05) is 12.1 Å². The van der Waals surface area contributed by atoms with Gasteiger partial charge in [0, 0.05) is 28.2 Å². The number of hydrogen-bond donors (Lipinski definition) is 2. The van der Waals surface area contributed by atoms with E-state index in [9.17, 15) is 18.0 Å². The van der Waals surface area contributed by atoms with E-state index in [1.54, 1.807) is 0 Å². The Morgan fingerprint density at radius 2 is 2.04 bits per heavy atom. The minimum atomic E-state index is -1.29. The molecule has 2 N–H and O–H groups in total. The van der Waals surface area contributed by atoms with Gasteiger partial charge in [0.25, 0.3) is 0 Å². The van der Waals surface area contributed by atoms with Crippen LogP contribution >= 0.6 is 11.3 Å². The molecule has 0 atom stereocenters. The lowest BCUT2D eigenvalue weighted by molar-refractivity contribution is -0.136. The topological polar surface area (TPSA) is 66.0 Å². The number of aromatic nitrogens is 2. The summed E-state index contributed by atoms with van der Waals surface area (Å²) in [5, 5.41) is 10.1. The second-order valence-electron chi connectivity index (χ2n) is 6.22. The van der Waals surface area contributed by atoms with Crippen molar-refractivity contribution in [3.8, 4) is 10.6 Å². The first-order valence-electron chi connectivity index (χ1n) is 8.13. The Morgan fingerprint density at radius 3 is 2.78 bits per heavy atom. The molecule has 0 aliphatic rings. The smallest absolute Gasteiger partial charge is 0.303 e. The minimum Gasteiger partial charge on any atom is -0.481 e. The number of aromatic amines is 1. The molecule has 4 aromatic rings. The summed E-state index contributed by atoms with van der Waals surface area (Å²) >= 11 is 0.916. The zero-order chi connectivity index (χ0) is 19.3. The fourth-order valence-corrected chi connectivity index (χ4v) is 4.27. The summed E-state index contributed by atoms with van der Waals surface area (Å²) in [6.07, 6.45) is 0.0924. The number of benzene rings is 2.